The third-order valence-corrected chi connectivity index (χ3v) is 6.47. The Morgan fingerprint density at radius 3 is 2.46 bits per heavy atom. The first-order chi connectivity index (χ1) is 13.3. The zero-order valence-electron chi connectivity index (χ0n) is 16.4. The third-order valence-electron chi connectivity index (χ3n) is 4.80. The Morgan fingerprint density at radius 2 is 1.82 bits per heavy atom. The monoisotopic (exact) mass is 402 g/mol. The van der Waals surface area contributed by atoms with Crippen molar-refractivity contribution in [3.8, 4) is 0 Å². The minimum absolute atomic E-state index is 0.0191. The van der Waals surface area contributed by atoms with Crippen LogP contribution in [0.25, 0.3) is 0 Å². The van der Waals surface area contributed by atoms with Gasteiger partial charge in [0.2, 0.25) is 0 Å². The SMILES string of the molecule is Cc1cc(C)c(S(=O)(=O)Nc2ccccc2C(=O)NC[C@@H]2CCCO2)c(C)c1. The molecule has 1 aliphatic rings. The molecule has 0 aromatic heterocycles. The highest BCUT2D eigenvalue weighted by Crippen LogP contribution is 2.26. The fourth-order valence-electron chi connectivity index (χ4n) is 3.66. The molecule has 28 heavy (non-hydrogen) atoms. The number of ether oxygens (including phenoxy) is 1. The minimum atomic E-state index is -3.83. The lowest BCUT2D eigenvalue weighted by Crippen LogP contribution is -2.32. The Labute approximate surface area is 166 Å². The Bertz CT molecular complexity index is 957. The standard InChI is InChI=1S/C21H26N2O4S/c1-14-11-15(2)20(16(3)12-14)28(25,26)23-19-9-5-4-8-18(19)21(24)22-13-17-7-6-10-27-17/h4-5,8-9,11-12,17,23H,6-7,10,13H2,1-3H3,(H,22,24)/t17-/m0/s1. The normalized spacial score (nSPS) is 16.8. The van der Waals surface area contributed by atoms with E-state index in [2.05, 4.69) is 10.0 Å². The fraction of sp³-hybridized carbons (Fsp3) is 0.381. The molecule has 7 heteroatoms. The van der Waals surface area contributed by atoms with Crippen LogP contribution in [0.2, 0.25) is 0 Å². The second-order valence-electron chi connectivity index (χ2n) is 7.22. The highest BCUT2D eigenvalue weighted by atomic mass is 32.2. The Kier molecular flexibility index (Phi) is 6.05. The molecule has 0 unspecified atom stereocenters. The molecule has 1 atom stereocenters. The number of nitrogens with one attached hydrogen (secondary N) is 2. The zero-order chi connectivity index (χ0) is 20.3. The van der Waals surface area contributed by atoms with Crippen LogP contribution in [0.1, 0.15) is 39.9 Å². The van der Waals surface area contributed by atoms with Crippen LogP contribution < -0.4 is 10.0 Å². The van der Waals surface area contributed by atoms with E-state index >= 15 is 0 Å². The van der Waals surface area contributed by atoms with Gasteiger partial charge in [-0.15, -0.1) is 0 Å². The van der Waals surface area contributed by atoms with Crippen LogP contribution in [0.3, 0.4) is 0 Å². The van der Waals surface area contributed by atoms with Crippen LogP contribution in [0.15, 0.2) is 41.3 Å². The second-order valence-corrected chi connectivity index (χ2v) is 8.84. The number of carbonyl (C=O) groups is 1. The third kappa shape index (κ3) is 4.54. The maximum atomic E-state index is 13.0. The predicted molar refractivity (Wildman–Crippen MR) is 109 cm³/mol. The van der Waals surface area contributed by atoms with Gasteiger partial charge in [0, 0.05) is 13.2 Å². The molecular formula is C21H26N2O4S. The summed E-state index contributed by atoms with van der Waals surface area (Å²) in [6.45, 7) is 6.60. The number of aryl methyl sites for hydroxylation is 3. The Hall–Kier alpha value is -2.38. The summed E-state index contributed by atoms with van der Waals surface area (Å²) in [6, 6.07) is 10.3. The number of amides is 1. The van der Waals surface area contributed by atoms with E-state index in [-0.39, 0.29) is 28.2 Å². The summed E-state index contributed by atoms with van der Waals surface area (Å²) in [5.41, 5.74) is 2.89. The Morgan fingerprint density at radius 1 is 1.14 bits per heavy atom. The second kappa shape index (κ2) is 8.32. The van der Waals surface area contributed by atoms with E-state index in [4.69, 9.17) is 4.74 Å². The van der Waals surface area contributed by atoms with E-state index in [9.17, 15) is 13.2 Å². The molecule has 0 saturated carbocycles. The van der Waals surface area contributed by atoms with Crippen LogP contribution in [0.4, 0.5) is 5.69 Å². The van der Waals surface area contributed by atoms with Gasteiger partial charge in [-0.25, -0.2) is 8.42 Å². The molecule has 3 rings (SSSR count). The molecule has 1 amide bonds. The first-order valence-electron chi connectivity index (χ1n) is 9.37. The summed E-state index contributed by atoms with van der Waals surface area (Å²) in [4.78, 5) is 12.9. The molecule has 1 fully saturated rings. The van der Waals surface area contributed by atoms with Crippen molar-refractivity contribution in [1.29, 1.82) is 0 Å². The van der Waals surface area contributed by atoms with E-state index in [1.54, 1.807) is 38.1 Å². The number of hydrogen-bond acceptors (Lipinski definition) is 4. The largest absolute Gasteiger partial charge is 0.376 e. The van der Waals surface area contributed by atoms with Crippen molar-refractivity contribution in [3.63, 3.8) is 0 Å². The van der Waals surface area contributed by atoms with Crippen molar-refractivity contribution >= 4 is 21.6 Å². The number of hydrogen-bond donors (Lipinski definition) is 2. The molecule has 0 radical (unpaired) electrons. The van der Waals surface area contributed by atoms with E-state index in [0.717, 1.165) is 18.4 Å². The first kappa shape index (κ1) is 20.4. The highest BCUT2D eigenvalue weighted by molar-refractivity contribution is 7.92. The molecule has 2 aromatic rings. The summed E-state index contributed by atoms with van der Waals surface area (Å²) in [7, 11) is -3.83. The first-order valence-corrected chi connectivity index (χ1v) is 10.9. The smallest absolute Gasteiger partial charge is 0.262 e. The molecule has 150 valence electrons. The number of para-hydroxylation sites is 1. The Balaban J connectivity index is 1.83. The number of rotatable bonds is 6. The molecule has 0 bridgehead atoms. The molecule has 1 heterocycles. The maximum absolute atomic E-state index is 13.0. The van der Waals surface area contributed by atoms with Gasteiger partial charge < -0.3 is 10.1 Å². The van der Waals surface area contributed by atoms with Crippen molar-refractivity contribution < 1.29 is 17.9 Å². The van der Waals surface area contributed by atoms with E-state index in [0.29, 0.717) is 24.3 Å². The van der Waals surface area contributed by atoms with E-state index < -0.39 is 10.0 Å². The summed E-state index contributed by atoms with van der Waals surface area (Å²) in [5.74, 6) is -0.328. The molecule has 6 nitrogen and oxygen atoms in total. The zero-order valence-corrected chi connectivity index (χ0v) is 17.2. The maximum Gasteiger partial charge on any atom is 0.262 e. The average Bonchev–Trinajstić information content (AvgIpc) is 3.12. The van der Waals surface area contributed by atoms with Gasteiger partial charge >= 0.3 is 0 Å². The molecule has 0 aliphatic carbocycles. The van der Waals surface area contributed by atoms with Gasteiger partial charge in [-0.3, -0.25) is 9.52 Å². The quantitative estimate of drug-likeness (QED) is 0.776. The minimum Gasteiger partial charge on any atom is -0.376 e. The molecular weight excluding hydrogens is 376 g/mol. The molecule has 2 N–H and O–H groups in total. The fourth-order valence-corrected chi connectivity index (χ4v) is 5.20. The van der Waals surface area contributed by atoms with Gasteiger partial charge in [0.1, 0.15) is 0 Å². The topological polar surface area (TPSA) is 84.5 Å². The summed E-state index contributed by atoms with van der Waals surface area (Å²) >= 11 is 0. The predicted octanol–water partition coefficient (Wildman–Crippen LogP) is 3.32. The van der Waals surface area contributed by atoms with Gasteiger partial charge in [0.25, 0.3) is 15.9 Å². The molecule has 1 saturated heterocycles. The van der Waals surface area contributed by atoms with Crippen LogP contribution in [-0.4, -0.2) is 33.6 Å². The van der Waals surface area contributed by atoms with Gasteiger partial charge in [0.05, 0.1) is 22.3 Å². The van der Waals surface area contributed by atoms with Crippen molar-refractivity contribution in [2.75, 3.05) is 17.9 Å². The van der Waals surface area contributed by atoms with E-state index in [1.807, 2.05) is 19.1 Å². The van der Waals surface area contributed by atoms with Crippen molar-refractivity contribution in [2.45, 2.75) is 44.6 Å². The number of carbonyl (C=O) groups excluding carboxylic acids is 1. The van der Waals surface area contributed by atoms with Gasteiger partial charge in [-0.1, -0.05) is 29.8 Å². The average molecular weight is 403 g/mol. The van der Waals surface area contributed by atoms with Gasteiger partial charge in [0.15, 0.2) is 0 Å². The van der Waals surface area contributed by atoms with Gasteiger partial charge in [-0.05, 0) is 56.9 Å². The van der Waals surface area contributed by atoms with Crippen LogP contribution in [0.5, 0.6) is 0 Å². The van der Waals surface area contributed by atoms with Crippen molar-refractivity contribution in [2.24, 2.45) is 0 Å². The molecule has 2 aromatic carbocycles. The van der Waals surface area contributed by atoms with Crippen LogP contribution in [0, 0.1) is 20.8 Å². The molecule has 0 spiro atoms. The lowest BCUT2D eigenvalue weighted by Gasteiger charge is -2.16. The lowest BCUT2D eigenvalue weighted by molar-refractivity contribution is 0.0858. The van der Waals surface area contributed by atoms with Crippen molar-refractivity contribution in [1.82, 2.24) is 5.32 Å². The van der Waals surface area contributed by atoms with Crippen LogP contribution >= 0.6 is 0 Å². The summed E-state index contributed by atoms with van der Waals surface area (Å²) in [5, 5.41) is 2.84. The van der Waals surface area contributed by atoms with Crippen molar-refractivity contribution in [3.05, 3.63) is 58.7 Å². The highest BCUT2D eigenvalue weighted by Gasteiger charge is 2.23. The lowest BCUT2D eigenvalue weighted by atomic mass is 10.1. The van der Waals surface area contributed by atoms with Crippen LogP contribution in [-0.2, 0) is 14.8 Å². The summed E-state index contributed by atoms with van der Waals surface area (Å²) in [6.07, 6.45) is 1.93. The van der Waals surface area contributed by atoms with E-state index in [1.165, 1.54) is 0 Å². The van der Waals surface area contributed by atoms with Gasteiger partial charge in [-0.2, -0.15) is 0 Å². The number of sulfonamides is 1. The summed E-state index contributed by atoms with van der Waals surface area (Å²) < 4.78 is 34.2. The molecule has 1 aliphatic heterocycles. The number of anilines is 1. The number of benzene rings is 2.